The molecule has 28 heteroatoms. The van der Waals surface area contributed by atoms with Crippen LogP contribution in [0.1, 0.15) is 107 Å². The third-order valence-corrected chi connectivity index (χ3v) is 20.4. The topological polar surface area (TPSA) is 416 Å². The molecule has 0 spiro atoms. The first-order valence-electron chi connectivity index (χ1n) is 28.8. The van der Waals surface area contributed by atoms with E-state index in [1.165, 1.54) is 20.8 Å². The smallest absolute Gasteiger partial charge is 0.389 e. The van der Waals surface area contributed by atoms with Crippen LogP contribution in [-0.2, 0) is 66.7 Å². The number of carbonyl (C=O) groups is 1. The number of fused-ring (bicyclic) bond motifs is 5. The lowest BCUT2D eigenvalue weighted by molar-refractivity contribution is -0.394. The van der Waals surface area contributed by atoms with Crippen molar-refractivity contribution in [3.63, 3.8) is 0 Å². The summed E-state index contributed by atoms with van der Waals surface area (Å²) >= 11 is 0. The molecule has 0 aromatic heterocycles. The van der Waals surface area contributed by atoms with Gasteiger partial charge in [0.15, 0.2) is 31.5 Å². The third kappa shape index (κ3) is 12.6. The van der Waals surface area contributed by atoms with E-state index in [-0.39, 0.29) is 48.7 Å². The number of allylic oxidation sites excluding steroid dienone is 2. The number of rotatable bonds is 16. The average molecular weight is 1200 g/mol. The SMILES string of the molecule is CC(C)C(=O)CC(C)(O)[C@H]1CCC2C3C[C@H](O[C@@H]4O[C@H](C)[C@@H](O)[C@H](O[C@@H]5OC[C@@H](O[C@@H]6OC[C@@H](O)[C@H](O)[C@H]6O[C@@H]6O[C@H](C)[C@H](O)[C@H](O)[C@H]6O)[C@H](O)[C@H]5O[C@@H]5O[C@H](C)[C@@H](O)[C@H](O)[C@H]5O)[C@H]4O)C4C[C@@H](OS(=O)(=O)O)CC[C@]4(C)C3=CC[C@@]21C. The second-order valence-corrected chi connectivity index (χ2v) is 26.8. The number of ether oxygens (including phenoxy) is 10. The number of carbonyl (C=O) groups excluding carboxylic acids is 1. The van der Waals surface area contributed by atoms with E-state index in [1.807, 2.05) is 13.8 Å². The van der Waals surface area contributed by atoms with Crippen LogP contribution < -0.4 is 0 Å². The molecule has 4 unspecified atom stereocenters. The maximum atomic E-state index is 13.1. The van der Waals surface area contributed by atoms with E-state index in [0.717, 1.165) is 12.0 Å². The van der Waals surface area contributed by atoms with Gasteiger partial charge in [0.25, 0.3) is 0 Å². The molecule has 8 fully saturated rings. The van der Waals surface area contributed by atoms with Gasteiger partial charge in [-0.05, 0) is 107 Å². The molecular formula is C54H88O27S. The van der Waals surface area contributed by atoms with Crippen molar-refractivity contribution in [1.82, 2.24) is 0 Å². The van der Waals surface area contributed by atoms with Gasteiger partial charge in [-0.25, -0.2) is 4.18 Å². The van der Waals surface area contributed by atoms with Crippen molar-refractivity contribution in [2.24, 2.45) is 40.4 Å². The first-order chi connectivity index (χ1) is 38.3. The summed E-state index contributed by atoms with van der Waals surface area (Å²) in [4.78, 5) is 13.1. The highest BCUT2D eigenvalue weighted by atomic mass is 32.3. The summed E-state index contributed by atoms with van der Waals surface area (Å²) in [6.07, 6.45) is -34.2. The Kier molecular flexibility index (Phi) is 19.6. The van der Waals surface area contributed by atoms with Crippen molar-refractivity contribution in [3.05, 3.63) is 11.6 Å². The van der Waals surface area contributed by atoms with E-state index in [2.05, 4.69) is 19.9 Å². The molecular weight excluding hydrogens is 1110 g/mol. The van der Waals surface area contributed by atoms with Gasteiger partial charge < -0.3 is 109 Å². The standard InChI is InChI=1S/C54H88O27S/c1-20(2)29(55)17-54(8,67)33-10-9-26-25-16-31(28-15-24(81-82(68,69)70)11-13-52(28,6)27(25)12-14-53(26,33)7)76-49-43(66)44(36(59)23(5)75-49)78-51-46(80-48-42(65)40(63)35(58)22(4)74-48)38(61)32(19-72-51)77-50-45(37(60)30(56)18-71-50)79-47-41(64)39(62)34(57)21(3)73-47/h12,20-26,28,30-51,56-67H,9-11,13-19H2,1-8H3,(H,68,69,70)/t21-,22-,23-,24+,25?,26?,28?,30-,31+,32-,33+,34+,35-,36-,37+,38+,39+,40+,41-,42-,43-,44+,45-,46-,47+,48+,49+,50+,51+,52-,53+,54?/m1/s1. The summed E-state index contributed by atoms with van der Waals surface area (Å²) in [5.74, 6) is -1.15. The number of hydrogen-bond donors (Lipinski definition) is 13. The fourth-order valence-electron chi connectivity index (χ4n) is 15.1. The molecule has 0 bridgehead atoms. The Balaban J connectivity index is 0.975. The average Bonchev–Trinajstić information content (AvgIpc) is 2.44. The molecule has 5 aliphatic heterocycles. The fourth-order valence-corrected chi connectivity index (χ4v) is 15.6. The lowest BCUT2D eigenvalue weighted by Gasteiger charge is -2.60. The lowest BCUT2D eigenvalue weighted by Crippen LogP contribution is -2.66. The Morgan fingerprint density at radius 1 is 0.634 bits per heavy atom. The Bertz CT molecular complexity index is 2350. The molecule has 9 rings (SSSR count). The highest BCUT2D eigenvalue weighted by Gasteiger charge is 2.64. The van der Waals surface area contributed by atoms with E-state index in [4.69, 9.17) is 51.6 Å². The van der Waals surface area contributed by atoms with Crippen LogP contribution in [0.5, 0.6) is 0 Å². The Labute approximate surface area is 476 Å². The number of aliphatic hydroxyl groups is 12. The number of aliphatic hydroxyl groups excluding tert-OH is 11. The number of ketones is 1. The summed E-state index contributed by atoms with van der Waals surface area (Å²) in [6.45, 7) is 12.7. The monoisotopic (exact) mass is 1200 g/mol. The van der Waals surface area contributed by atoms with E-state index in [9.17, 15) is 79.0 Å². The van der Waals surface area contributed by atoms with Gasteiger partial charge in [-0.3, -0.25) is 9.35 Å². The van der Waals surface area contributed by atoms with Gasteiger partial charge in [-0.1, -0.05) is 39.3 Å². The van der Waals surface area contributed by atoms with Gasteiger partial charge in [0.05, 0.1) is 49.3 Å². The quantitative estimate of drug-likeness (QED) is 0.0565. The number of hydrogen-bond acceptors (Lipinski definition) is 26. The van der Waals surface area contributed by atoms with Crippen molar-refractivity contribution in [1.29, 1.82) is 0 Å². The predicted molar refractivity (Wildman–Crippen MR) is 275 cm³/mol. The van der Waals surface area contributed by atoms with Crippen LogP contribution in [0.2, 0.25) is 0 Å². The first kappa shape index (κ1) is 64.9. The highest BCUT2D eigenvalue weighted by Crippen LogP contribution is 2.67. The molecule has 0 aromatic carbocycles. The van der Waals surface area contributed by atoms with Crippen LogP contribution >= 0.6 is 0 Å². The van der Waals surface area contributed by atoms with Crippen molar-refractivity contribution < 1.29 is 131 Å². The zero-order valence-electron chi connectivity index (χ0n) is 47.4. The van der Waals surface area contributed by atoms with Crippen LogP contribution in [0.25, 0.3) is 0 Å². The van der Waals surface area contributed by atoms with Gasteiger partial charge in [0, 0.05) is 12.3 Å². The molecule has 3 saturated carbocycles. The second kappa shape index (κ2) is 24.8. The Morgan fingerprint density at radius 3 is 1.74 bits per heavy atom. The summed E-state index contributed by atoms with van der Waals surface area (Å²) in [5, 5.41) is 134. The molecule has 82 heavy (non-hydrogen) atoms. The molecule has 5 saturated heterocycles. The largest absolute Gasteiger partial charge is 0.397 e. The fraction of sp³-hybridized carbons (Fsp3) is 0.944. The molecule has 0 radical (unpaired) electrons. The maximum absolute atomic E-state index is 13.1. The van der Waals surface area contributed by atoms with Crippen molar-refractivity contribution in [2.45, 2.75) is 266 Å². The van der Waals surface area contributed by atoms with Crippen molar-refractivity contribution in [2.75, 3.05) is 13.2 Å². The van der Waals surface area contributed by atoms with E-state index < -0.39 is 199 Å². The minimum absolute atomic E-state index is 0.00369. The minimum Gasteiger partial charge on any atom is -0.389 e. The summed E-state index contributed by atoms with van der Waals surface area (Å²) in [7, 11) is -4.87. The second-order valence-electron chi connectivity index (χ2n) is 25.7. The molecule has 27 nitrogen and oxygen atoms in total. The van der Waals surface area contributed by atoms with Crippen LogP contribution in [0.15, 0.2) is 11.6 Å². The molecule has 13 N–H and O–H groups in total. The highest BCUT2D eigenvalue weighted by molar-refractivity contribution is 7.80. The van der Waals surface area contributed by atoms with Crippen molar-refractivity contribution in [3.8, 4) is 0 Å². The van der Waals surface area contributed by atoms with E-state index in [1.54, 1.807) is 6.92 Å². The van der Waals surface area contributed by atoms with Crippen LogP contribution in [-0.4, -0.2) is 252 Å². The zero-order chi connectivity index (χ0) is 60.0. The number of Topliss-reactive ketones (excluding diaryl/α,β-unsaturated/α-hetero) is 1. The third-order valence-electron chi connectivity index (χ3n) is 19.9. The normalized spacial score (nSPS) is 51.8. The molecule has 4 aliphatic carbocycles. The predicted octanol–water partition coefficient (Wildman–Crippen LogP) is -2.43. The van der Waals surface area contributed by atoms with Gasteiger partial charge in [-0.15, -0.1) is 0 Å². The van der Waals surface area contributed by atoms with E-state index >= 15 is 0 Å². The van der Waals surface area contributed by atoms with Crippen LogP contribution in [0, 0.1) is 40.4 Å². The van der Waals surface area contributed by atoms with Gasteiger partial charge in [0.2, 0.25) is 0 Å². The summed E-state index contributed by atoms with van der Waals surface area (Å²) in [6, 6.07) is 0. The van der Waals surface area contributed by atoms with E-state index in [0.29, 0.717) is 25.7 Å². The summed E-state index contributed by atoms with van der Waals surface area (Å²) in [5.41, 5.74) is -1.22. The molecule has 0 aromatic rings. The Hall–Kier alpha value is -1.60. The lowest BCUT2D eigenvalue weighted by atomic mass is 9.47. The molecule has 472 valence electrons. The molecule has 9 aliphatic rings. The van der Waals surface area contributed by atoms with Crippen LogP contribution in [0.3, 0.4) is 0 Å². The molecule has 5 heterocycles. The van der Waals surface area contributed by atoms with Crippen LogP contribution in [0.4, 0.5) is 0 Å². The maximum Gasteiger partial charge on any atom is 0.397 e. The van der Waals surface area contributed by atoms with Gasteiger partial charge in [0.1, 0.15) is 97.3 Å². The minimum atomic E-state index is -4.87. The van der Waals surface area contributed by atoms with Crippen molar-refractivity contribution >= 4 is 16.2 Å². The van der Waals surface area contributed by atoms with Gasteiger partial charge >= 0.3 is 10.4 Å². The zero-order valence-corrected chi connectivity index (χ0v) is 48.2. The Morgan fingerprint density at radius 2 is 1.16 bits per heavy atom. The first-order valence-corrected chi connectivity index (χ1v) is 30.2. The van der Waals surface area contributed by atoms with Gasteiger partial charge in [-0.2, -0.15) is 8.42 Å². The summed E-state index contributed by atoms with van der Waals surface area (Å²) < 4.78 is 100. The molecule has 0 amide bonds. The molecule has 32 atom stereocenters.